The van der Waals surface area contributed by atoms with E-state index in [-0.39, 0.29) is 4.90 Å². The van der Waals surface area contributed by atoms with Crippen LogP contribution >= 0.6 is 0 Å². The quantitative estimate of drug-likeness (QED) is 0.520. The van der Waals surface area contributed by atoms with Crippen molar-refractivity contribution >= 4 is 27.0 Å². The number of carboxylic acids is 1. The highest BCUT2D eigenvalue weighted by Crippen LogP contribution is 2.22. The third kappa shape index (κ3) is 3.84. The molecule has 2 aromatic carbocycles. The lowest BCUT2D eigenvalue weighted by Crippen LogP contribution is -2.30. The summed E-state index contributed by atoms with van der Waals surface area (Å²) in [7, 11) is -3.99. The highest BCUT2D eigenvalue weighted by Gasteiger charge is 2.24. The fraction of sp³-hybridized carbons (Fsp3) is 0.176. The van der Waals surface area contributed by atoms with E-state index in [2.05, 4.69) is 14.7 Å². The lowest BCUT2D eigenvalue weighted by atomic mass is 10.0. The van der Waals surface area contributed by atoms with E-state index in [0.29, 0.717) is 16.6 Å². The number of aliphatic carboxylic acids is 1. The van der Waals surface area contributed by atoms with Gasteiger partial charge in [0.25, 0.3) is 0 Å². The van der Waals surface area contributed by atoms with Crippen LogP contribution < -0.4 is 10.4 Å². The molecule has 3 rings (SSSR count). The Morgan fingerprint density at radius 3 is 2.42 bits per heavy atom. The van der Waals surface area contributed by atoms with Crippen LogP contribution in [0.4, 0.5) is 0 Å². The van der Waals surface area contributed by atoms with Crippen LogP contribution in [0.5, 0.6) is 0 Å². The van der Waals surface area contributed by atoms with Crippen molar-refractivity contribution in [3.63, 3.8) is 0 Å². The van der Waals surface area contributed by atoms with E-state index in [1.807, 2.05) is 6.92 Å². The first-order chi connectivity index (χ1) is 12.2. The summed E-state index contributed by atoms with van der Waals surface area (Å²) in [6.07, 6.45) is -0.397. The van der Waals surface area contributed by atoms with Crippen molar-refractivity contribution in [3.8, 4) is 0 Å². The Kier molecular flexibility index (Phi) is 4.66. The number of nitrogens with one attached hydrogen (secondary N) is 3. The minimum absolute atomic E-state index is 0.0669. The number of H-pyrrole nitrogens is 2. The standard InChI is InChI=1S/C17H17N3O5S/c1-10-2-4-11(5-3-10)14(9-16(21)22)20-26(24,25)12-6-7-13-15(8-12)19-17(23)18-13/h2-8,14,20H,9H2,1H3,(H,21,22)(H2,18,19,23)/t14-/m0/s1. The molecule has 3 aromatic rings. The molecule has 0 bridgehead atoms. The number of imidazole rings is 1. The van der Waals surface area contributed by atoms with Gasteiger partial charge in [-0.25, -0.2) is 17.9 Å². The largest absolute Gasteiger partial charge is 0.481 e. The van der Waals surface area contributed by atoms with E-state index in [4.69, 9.17) is 5.11 Å². The molecule has 0 aliphatic rings. The van der Waals surface area contributed by atoms with E-state index in [1.165, 1.54) is 18.2 Å². The molecular weight excluding hydrogens is 358 g/mol. The van der Waals surface area contributed by atoms with Crippen molar-refractivity contribution < 1.29 is 18.3 Å². The van der Waals surface area contributed by atoms with Crippen LogP contribution in [0.25, 0.3) is 11.0 Å². The molecule has 0 spiro atoms. The number of hydrogen-bond acceptors (Lipinski definition) is 4. The topological polar surface area (TPSA) is 132 Å². The van der Waals surface area contributed by atoms with Gasteiger partial charge in [0.2, 0.25) is 10.0 Å². The lowest BCUT2D eigenvalue weighted by Gasteiger charge is -2.18. The molecule has 0 saturated carbocycles. The zero-order valence-corrected chi connectivity index (χ0v) is 14.6. The van der Waals surface area contributed by atoms with Crippen LogP contribution in [0.15, 0.2) is 52.2 Å². The third-order valence-electron chi connectivity index (χ3n) is 3.95. The Bertz CT molecular complexity index is 1110. The molecule has 0 amide bonds. The van der Waals surface area contributed by atoms with Crippen molar-refractivity contribution in [2.45, 2.75) is 24.3 Å². The number of sulfonamides is 1. The number of aromatic nitrogens is 2. The number of fused-ring (bicyclic) bond motifs is 1. The number of aromatic amines is 2. The molecular formula is C17H17N3O5S. The molecule has 0 radical (unpaired) electrons. The molecule has 1 aromatic heterocycles. The van der Waals surface area contributed by atoms with E-state index in [0.717, 1.165) is 5.56 Å². The highest BCUT2D eigenvalue weighted by atomic mass is 32.2. The second-order valence-electron chi connectivity index (χ2n) is 5.97. The molecule has 1 heterocycles. The van der Waals surface area contributed by atoms with Gasteiger partial charge >= 0.3 is 11.7 Å². The second-order valence-corrected chi connectivity index (χ2v) is 7.68. The number of benzene rings is 2. The summed E-state index contributed by atoms with van der Waals surface area (Å²) in [6, 6.07) is 10.2. The smallest absolute Gasteiger partial charge is 0.323 e. The van der Waals surface area contributed by atoms with Gasteiger partial charge in [-0.1, -0.05) is 29.8 Å². The van der Waals surface area contributed by atoms with Crippen molar-refractivity contribution in [2.24, 2.45) is 0 Å². The SMILES string of the molecule is Cc1ccc([C@H](CC(=O)O)NS(=O)(=O)c2ccc3[nH]c(=O)[nH]c3c2)cc1. The van der Waals surface area contributed by atoms with Gasteiger partial charge in [0.15, 0.2) is 0 Å². The fourth-order valence-corrected chi connectivity index (χ4v) is 3.89. The molecule has 9 heteroatoms. The van der Waals surface area contributed by atoms with Gasteiger partial charge < -0.3 is 15.1 Å². The van der Waals surface area contributed by atoms with Crippen LogP contribution in [-0.4, -0.2) is 29.5 Å². The molecule has 26 heavy (non-hydrogen) atoms. The number of aryl methyl sites for hydroxylation is 1. The lowest BCUT2D eigenvalue weighted by molar-refractivity contribution is -0.137. The normalized spacial score (nSPS) is 13.0. The van der Waals surface area contributed by atoms with Gasteiger partial charge in [-0.2, -0.15) is 0 Å². The Morgan fingerprint density at radius 2 is 1.77 bits per heavy atom. The van der Waals surface area contributed by atoms with Crippen molar-refractivity contribution in [1.29, 1.82) is 0 Å². The molecule has 8 nitrogen and oxygen atoms in total. The zero-order chi connectivity index (χ0) is 18.9. The molecule has 0 aliphatic heterocycles. The van der Waals surface area contributed by atoms with Crippen LogP contribution in [-0.2, 0) is 14.8 Å². The molecule has 0 saturated heterocycles. The first-order valence-corrected chi connectivity index (χ1v) is 9.26. The van der Waals surface area contributed by atoms with Gasteiger partial charge in [0.1, 0.15) is 0 Å². The summed E-state index contributed by atoms with van der Waals surface area (Å²) in [5.41, 5.74) is 1.92. The van der Waals surface area contributed by atoms with E-state index in [9.17, 15) is 18.0 Å². The Labute approximate surface area is 148 Å². The first-order valence-electron chi connectivity index (χ1n) is 7.77. The van der Waals surface area contributed by atoms with Gasteiger partial charge in [0.05, 0.1) is 28.4 Å². The van der Waals surface area contributed by atoms with Gasteiger partial charge in [-0.05, 0) is 30.7 Å². The van der Waals surface area contributed by atoms with E-state index >= 15 is 0 Å². The molecule has 0 unspecified atom stereocenters. The van der Waals surface area contributed by atoms with Crippen molar-refractivity contribution in [2.75, 3.05) is 0 Å². The molecule has 1 atom stereocenters. The van der Waals surface area contributed by atoms with Crippen LogP contribution in [0.2, 0.25) is 0 Å². The average molecular weight is 375 g/mol. The Balaban J connectivity index is 1.95. The Hall–Kier alpha value is -2.91. The molecule has 136 valence electrons. The summed E-state index contributed by atoms with van der Waals surface area (Å²) in [4.78, 5) is 27.5. The predicted octanol–water partition coefficient (Wildman–Crippen LogP) is 1.66. The fourth-order valence-electron chi connectivity index (χ4n) is 2.64. The maximum atomic E-state index is 12.7. The number of rotatable bonds is 6. The first kappa shape index (κ1) is 17.9. The van der Waals surface area contributed by atoms with Gasteiger partial charge in [-0.15, -0.1) is 0 Å². The van der Waals surface area contributed by atoms with Crippen molar-refractivity contribution in [3.05, 3.63) is 64.1 Å². The van der Waals surface area contributed by atoms with Crippen LogP contribution in [0, 0.1) is 6.92 Å². The zero-order valence-electron chi connectivity index (χ0n) is 13.8. The molecule has 0 fully saturated rings. The summed E-state index contributed by atoms with van der Waals surface area (Å²) in [6.45, 7) is 1.88. The maximum Gasteiger partial charge on any atom is 0.323 e. The highest BCUT2D eigenvalue weighted by molar-refractivity contribution is 7.89. The number of carboxylic acid groups (broad SMARTS) is 1. The summed E-state index contributed by atoms with van der Waals surface area (Å²) in [5, 5.41) is 9.13. The summed E-state index contributed by atoms with van der Waals surface area (Å²) < 4.78 is 27.9. The molecule has 4 N–H and O–H groups in total. The second kappa shape index (κ2) is 6.77. The van der Waals surface area contributed by atoms with Crippen LogP contribution in [0.1, 0.15) is 23.6 Å². The Morgan fingerprint density at radius 1 is 1.12 bits per heavy atom. The monoisotopic (exact) mass is 375 g/mol. The summed E-state index contributed by atoms with van der Waals surface area (Å²) in [5.74, 6) is -1.12. The van der Waals surface area contributed by atoms with E-state index < -0.39 is 34.1 Å². The van der Waals surface area contributed by atoms with Crippen molar-refractivity contribution in [1.82, 2.24) is 14.7 Å². The minimum atomic E-state index is -3.99. The maximum absolute atomic E-state index is 12.7. The third-order valence-corrected chi connectivity index (χ3v) is 5.42. The predicted molar refractivity (Wildman–Crippen MR) is 95.4 cm³/mol. The number of carbonyl (C=O) groups is 1. The molecule has 0 aliphatic carbocycles. The summed E-state index contributed by atoms with van der Waals surface area (Å²) >= 11 is 0. The van der Waals surface area contributed by atoms with Crippen LogP contribution in [0.3, 0.4) is 0 Å². The van der Waals surface area contributed by atoms with Gasteiger partial charge in [0, 0.05) is 0 Å². The number of hydrogen-bond donors (Lipinski definition) is 4. The minimum Gasteiger partial charge on any atom is -0.481 e. The van der Waals surface area contributed by atoms with E-state index in [1.54, 1.807) is 24.3 Å². The average Bonchev–Trinajstić information content (AvgIpc) is 2.93. The van der Waals surface area contributed by atoms with Gasteiger partial charge in [-0.3, -0.25) is 4.79 Å².